The Balaban J connectivity index is 1.94. The highest BCUT2D eigenvalue weighted by Crippen LogP contribution is 2.42. The van der Waals surface area contributed by atoms with Gasteiger partial charge < -0.3 is 5.73 Å². The molecule has 1 saturated heterocycles. The molecule has 1 aliphatic rings. The van der Waals surface area contributed by atoms with Gasteiger partial charge in [0.05, 0.1) is 5.75 Å². The molecule has 1 heterocycles. The summed E-state index contributed by atoms with van der Waals surface area (Å²) in [5.74, 6) is 0.645. The van der Waals surface area contributed by atoms with E-state index in [-0.39, 0.29) is 16.7 Å². The van der Waals surface area contributed by atoms with Crippen molar-refractivity contribution >= 4 is 29.0 Å². The SMILES string of the molecule is CC(C)(C)c1ccc(N2C(=O)CS[C@@H]2c2cccc(N)c2)cc1. The number of thioether (sulfide) groups is 1. The minimum atomic E-state index is -0.00788. The zero-order valence-electron chi connectivity index (χ0n) is 13.7. The number of anilines is 2. The number of nitrogen functional groups attached to an aromatic ring is 1. The standard InChI is InChI=1S/C19H22N2OS/c1-19(2,3)14-7-9-16(10-8-14)21-17(22)12-23-18(21)13-5-4-6-15(20)11-13/h4-11,18H,12,20H2,1-3H3/t18-/m1/s1. The molecule has 1 fully saturated rings. The van der Waals surface area contributed by atoms with Gasteiger partial charge in [0, 0.05) is 11.4 Å². The molecule has 2 N–H and O–H groups in total. The average Bonchev–Trinajstić information content (AvgIpc) is 2.88. The Labute approximate surface area is 141 Å². The van der Waals surface area contributed by atoms with Gasteiger partial charge in [0.2, 0.25) is 5.91 Å². The van der Waals surface area contributed by atoms with Crippen LogP contribution in [0.3, 0.4) is 0 Å². The molecule has 0 bridgehead atoms. The number of nitrogens with two attached hydrogens (primary N) is 1. The van der Waals surface area contributed by atoms with Gasteiger partial charge in [-0.2, -0.15) is 0 Å². The Hall–Kier alpha value is -1.94. The van der Waals surface area contributed by atoms with E-state index in [4.69, 9.17) is 5.73 Å². The Morgan fingerprint density at radius 1 is 1.13 bits per heavy atom. The predicted molar refractivity (Wildman–Crippen MR) is 98.7 cm³/mol. The molecule has 23 heavy (non-hydrogen) atoms. The molecule has 2 aromatic carbocycles. The molecule has 120 valence electrons. The highest BCUT2D eigenvalue weighted by atomic mass is 32.2. The van der Waals surface area contributed by atoms with E-state index in [1.54, 1.807) is 11.8 Å². The van der Waals surface area contributed by atoms with Crippen molar-refractivity contribution in [2.75, 3.05) is 16.4 Å². The highest BCUT2D eigenvalue weighted by Gasteiger charge is 2.34. The summed E-state index contributed by atoms with van der Waals surface area (Å²) in [6, 6.07) is 16.1. The van der Waals surface area contributed by atoms with Gasteiger partial charge in [0.1, 0.15) is 5.37 Å². The van der Waals surface area contributed by atoms with Crippen molar-refractivity contribution in [1.82, 2.24) is 0 Å². The van der Waals surface area contributed by atoms with Crippen molar-refractivity contribution in [2.24, 2.45) is 0 Å². The molecule has 0 spiro atoms. The summed E-state index contributed by atoms with van der Waals surface area (Å²) in [6.45, 7) is 6.57. The van der Waals surface area contributed by atoms with Gasteiger partial charge in [-0.05, 0) is 40.8 Å². The second-order valence-corrected chi connectivity index (χ2v) is 7.96. The summed E-state index contributed by atoms with van der Waals surface area (Å²) in [5, 5.41) is -0.00788. The Morgan fingerprint density at radius 3 is 2.43 bits per heavy atom. The normalized spacial score (nSPS) is 18.5. The number of hydrogen-bond donors (Lipinski definition) is 1. The van der Waals surface area contributed by atoms with E-state index in [2.05, 4.69) is 32.9 Å². The van der Waals surface area contributed by atoms with Crippen molar-refractivity contribution in [2.45, 2.75) is 31.6 Å². The maximum absolute atomic E-state index is 12.4. The lowest BCUT2D eigenvalue weighted by Gasteiger charge is -2.26. The average molecular weight is 326 g/mol. The number of benzene rings is 2. The number of hydrogen-bond acceptors (Lipinski definition) is 3. The van der Waals surface area contributed by atoms with Crippen LogP contribution in [0.4, 0.5) is 11.4 Å². The van der Waals surface area contributed by atoms with Crippen LogP contribution in [0.15, 0.2) is 48.5 Å². The lowest BCUT2D eigenvalue weighted by atomic mass is 9.87. The molecular weight excluding hydrogens is 304 g/mol. The third kappa shape index (κ3) is 3.22. The molecule has 4 heteroatoms. The molecular formula is C19H22N2OS. The smallest absolute Gasteiger partial charge is 0.238 e. The first kappa shape index (κ1) is 15.9. The van der Waals surface area contributed by atoms with Crippen LogP contribution in [0.25, 0.3) is 0 Å². The molecule has 0 aliphatic carbocycles. The Kier molecular flexibility index (Phi) is 4.11. The fraction of sp³-hybridized carbons (Fsp3) is 0.316. The van der Waals surface area contributed by atoms with E-state index in [1.165, 1.54) is 5.56 Å². The largest absolute Gasteiger partial charge is 0.399 e. The molecule has 3 nitrogen and oxygen atoms in total. The van der Waals surface area contributed by atoms with Crippen LogP contribution < -0.4 is 10.6 Å². The number of carbonyl (C=O) groups is 1. The molecule has 0 radical (unpaired) electrons. The van der Waals surface area contributed by atoms with Gasteiger partial charge in [0.15, 0.2) is 0 Å². The quantitative estimate of drug-likeness (QED) is 0.835. The second-order valence-electron chi connectivity index (χ2n) is 6.89. The van der Waals surface area contributed by atoms with Gasteiger partial charge >= 0.3 is 0 Å². The fourth-order valence-electron chi connectivity index (χ4n) is 2.78. The second kappa shape index (κ2) is 5.93. The summed E-state index contributed by atoms with van der Waals surface area (Å²) in [5.41, 5.74) is 10.0. The van der Waals surface area contributed by atoms with Crippen LogP contribution in [-0.2, 0) is 10.2 Å². The number of amides is 1. The van der Waals surface area contributed by atoms with Crippen LogP contribution in [0.2, 0.25) is 0 Å². The molecule has 0 aromatic heterocycles. The van der Waals surface area contributed by atoms with Gasteiger partial charge in [0.25, 0.3) is 0 Å². The minimum absolute atomic E-state index is 0.00788. The van der Waals surface area contributed by atoms with Crippen LogP contribution in [0.1, 0.15) is 37.3 Å². The summed E-state index contributed by atoms with van der Waals surface area (Å²) in [7, 11) is 0. The van der Waals surface area contributed by atoms with Gasteiger partial charge in [-0.25, -0.2) is 0 Å². The van der Waals surface area contributed by atoms with E-state index in [0.717, 1.165) is 16.9 Å². The third-order valence-corrected chi connectivity index (χ3v) is 5.29. The van der Waals surface area contributed by atoms with E-state index in [9.17, 15) is 4.79 Å². The van der Waals surface area contributed by atoms with Gasteiger partial charge in [-0.15, -0.1) is 11.8 Å². The first-order valence-electron chi connectivity index (χ1n) is 7.76. The minimum Gasteiger partial charge on any atom is -0.399 e. The number of nitrogens with zero attached hydrogens (tertiary/aromatic N) is 1. The maximum atomic E-state index is 12.4. The van der Waals surface area contributed by atoms with Crippen molar-refractivity contribution < 1.29 is 4.79 Å². The zero-order chi connectivity index (χ0) is 16.6. The number of carbonyl (C=O) groups excluding carboxylic acids is 1. The fourth-order valence-corrected chi connectivity index (χ4v) is 3.95. The van der Waals surface area contributed by atoms with Crippen LogP contribution in [0.5, 0.6) is 0 Å². The van der Waals surface area contributed by atoms with Crippen LogP contribution >= 0.6 is 11.8 Å². The summed E-state index contributed by atoms with van der Waals surface area (Å²) >= 11 is 1.65. The third-order valence-electron chi connectivity index (χ3n) is 4.08. The molecule has 0 unspecified atom stereocenters. The molecule has 0 saturated carbocycles. The maximum Gasteiger partial charge on any atom is 0.238 e. The first-order valence-corrected chi connectivity index (χ1v) is 8.81. The van der Waals surface area contributed by atoms with Crippen molar-refractivity contribution in [3.8, 4) is 0 Å². The lowest BCUT2D eigenvalue weighted by Crippen LogP contribution is -2.28. The molecule has 1 aliphatic heterocycles. The van der Waals surface area contributed by atoms with E-state index >= 15 is 0 Å². The Morgan fingerprint density at radius 2 is 1.83 bits per heavy atom. The molecule has 1 amide bonds. The summed E-state index contributed by atoms with van der Waals surface area (Å²) in [4.78, 5) is 14.3. The van der Waals surface area contributed by atoms with Crippen LogP contribution in [0, 0.1) is 0 Å². The van der Waals surface area contributed by atoms with E-state index < -0.39 is 0 Å². The van der Waals surface area contributed by atoms with Crippen molar-refractivity contribution in [3.63, 3.8) is 0 Å². The summed E-state index contributed by atoms with van der Waals surface area (Å²) < 4.78 is 0. The van der Waals surface area contributed by atoms with E-state index in [0.29, 0.717) is 5.75 Å². The summed E-state index contributed by atoms with van der Waals surface area (Å²) in [6.07, 6.45) is 0. The predicted octanol–water partition coefficient (Wildman–Crippen LogP) is 4.34. The zero-order valence-corrected chi connectivity index (χ0v) is 14.6. The highest BCUT2D eigenvalue weighted by molar-refractivity contribution is 8.00. The van der Waals surface area contributed by atoms with Crippen molar-refractivity contribution in [1.29, 1.82) is 0 Å². The topological polar surface area (TPSA) is 46.3 Å². The van der Waals surface area contributed by atoms with Crippen LogP contribution in [-0.4, -0.2) is 11.7 Å². The number of rotatable bonds is 2. The molecule has 1 atom stereocenters. The molecule has 3 rings (SSSR count). The first-order chi connectivity index (χ1) is 10.9. The monoisotopic (exact) mass is 326 g/mol. The van der Waals surface area contributed by atoms with Gasteiger partial charge in [-0.3, -0.25) is 9.69 Å². The van der Waals surface area contributed by atoms with E-state index in [1.807, 2.05) is 41.3 Å². The molecule has 2 aromatic rings. The Bertz CT molecular complexity index is 719. The van der Waals surface area contributed by atoms with Gasteiger partial charge in [-0.1, -0.05) is 45.0 Å². The lowest BCUT2D eigenvalue weighted by molar-refractivity contribution is -0.115. The van der Waals surface area contributed by atoms with Crippen molar-refractivity contribution in [3.05, 3.63) is 59.7 Å².